The summed E-state index contributed by atoms with van der Waals surface area (Å²) in [5.74, 6) is -1.23. The van der Waals surface area contributed by atoms with Crippen LogP contribution in [-0.2, 0) is 4.79 Å². The van der Waals surface area contributed by atoms with E-state index in [1.807, 2.05) is 0 Å². The molecule has 1 aliphatic rings. The number of carboxylic acid groups (broad SMARTS) is 1. The largest absolute Gasteiger partial charge is 0.480 e. The molecule has 0 aliphatic carbocycles. The van der Waals surface area contributed by atoms with Crippen LogP contribution in [0, 0.1) is 13.8 Å². The fourth-order valence-electron chi connectivity index (χ4n) is 2.20. The summed E-state index contributed by atoms with van der Waals surface area (Å²) in [6.07, 6.45) is -0.764. The van der Waals surface area contributed by atoms with Crippen LogP contribution in [0.15, 0.2) is 4.52 Å². The maximum Gasteiger partial charge on any atom is 0.326 e. The average Bonchev–Trinajstić information content (AvgIpc) is 2.82. The highest BCUT2D eigenvalue weighted by molar-refractivity contribution is 5.98. The Labute approximate surface area is 103 Å². The first-order valence-electron chi connectivity index (χ1n) is 5.56. The van der Waals surface area contributed by atoms with E-state index in [2.05, 4.69) is 5.16 Å². The molecule has 1 aromatic rings. The Balaban J connectivity index is 2.31. The van der Waals surface area contributed by atoms with Crippen LogP contribution in [0.2, 0.25) is 0 Å². The quantitative estimate of drug-likeness (QED) is 0.767. The van der Waals surface area contributed by atoms with Gasteiger partial charge in [-0.25, -0.2) is 4.79 Å². The summed E-state index contributed by atoms with van der Waals surface area (Å²) in [5.41, 5.74) is 0.693. The van der Waals surface area contributed by atoms with Crippen LogP contribution >= 0.6 is 0 Å². The van der Waals surface area contributed by atoms with E-state index in [0.29, 0.717) is 11.5 Å². The van der Waals surface area contributed by atoms with Gasteiger partial charge in [-0.15, -0.1) is 0 Å². The van der Waals surface area contributed by atoms with Crippen molar-refractivity contribution in [1.82, 2.24) is 10.1 Å². The molecule has 1 aliphatic heterocycles. The Hall–Kier alpha value is -1.89. The second-order valence-electron chi connectivity index (χ2n) is 4.40. The Morgan fingerprint density at radius 1 is 1.44 bits per heavy atom. The molecule has 1 aromatic heterocycles. The summed E-state index contributed by atoms with van der Waals surface area (Å²) in [4.78, 5) is 24.5. The highest BCUT2D eigenvalue weighted by atomic mass is 16.5. The van der Waals surface area contributed by atoms with Gasteiger partial charge < -0.3 is 19.6 Å². The summed E-state index contributed by atoms with van der Waals surface area (Å²) in [5, 5.41) is 22.2. The molecule has 98 valence electrons. The predicted molar refractivity (Wildman–Crippen MR) is 59.1 cm³/mol. The van der Waals surface area contributed by atoms with Gasteiger partial charge in [0.2, 0.25) is 0 Å². The Morgan fingerprint density at radius 3 is 2.61 bits per heavy atom. The lowest BCUT2D eigenvalue weighted by Crippen LogP contribution is -2.40. The average molecular weight is 254 g/mol. The number of aryl methyl sites for hydroxylation is 2. The third-order valence-corrected chi connectivity index (χ3v) is 3.07. The number of aliphatic carboxylic acids is 1. The third kappa shape index (κ3) is 1.97. The van der Waals surface area contributed by atoms with E-state index in [-0.39, 0.29) is 18.5 Å². The normalized spacial score (nSPS) is 23.4. The van der Waals surface area contributed by atoms with Crippen molar-refractivity contribution in [3.63, 3.8) is 0 Å². The second kappa shape index (κ2) is 4.41. The Morgan fingerprint density at radius 2 is 2.11 bits per heavy atom. The van der Waals surface area contributed by atoms with Crippen LogP contribution in [-0.4, -0.2) is 50.8 Å². The first-order valence-corrected chi connectivity index (χ1v) is 5.56. The van der Waals surface area contributed by atoms with Gasteiger partial charge in [0.15, 0.2) is 0 Å². The van der Waals surface area contributed by atoms with Crippen molar-refractivity contribution in [1.29, 1.82) is 0 Å². The number of aromatic nitrogens is 1. The molecular weight excluding hydrogens is 240 g/mol. The van der Waals surface area contributed by atoms with Gasteiger partial charge in [0.1, 0.15) is 17.4 Å². The number of β-amino-alcohol motifs (C(OH)–C–C–N with tert-alkyl or cyclic N) is 1. The fourth-order valence-corrected chi connectivity index (χ4v) is 2.20. The van der Waals surface area contributed by atoms with E-state index in [1.165, 1.54) is 0 Å². The van der Waals surface area contributed by atoms with Crippen molar-refractivity contribution < 1.29 is 24.3 Å². The van der Waals surface area contributed by atoms with E-state index < -0.39 is 24.0 Å². The molecule has 0 aromatic carbocycles. The Kier molecular flexibility index (Phi) is 3.08. The zero-order valence-electron chi connectivity index (χ0n) is 10.1. The number of hydrogen-bond acceptors (Lipinski definition) is 5. The van der Waals surface area contributed by atoms with Crippen molar-refractivity contribution >= 4 is 11.9 Å². The maximum atomic E-state index is 12.3. The van der Waals surface area contributed by atoms with Crippen LogP contribution in [0.1, 0.15) is 28.2 Å². The molecule has 0 bridgehead atoms. The van der Waals surface area contributed by atoms with Crippen LogP contribution in [0.25, 0.3) is 0 Å². The minimum atomic E-state index is -1.12. The first kappa shape index (κ1) is 12.6. The molecule has 18 heavy (non-hydrogen) atoms. The molecule has 0 spiro atoms. The Bertz CT molecular complexity index is 476. The maximum absolute atomic E-state index is 12.3. The fraction of sp³-hybridized carbons (Fsp3) is 0.545. The molecule has 7 nitrogen and oxygen atoms in total. The zero-order valence-corrected chi connectivity index (χ0v) is 10.1. The van der Waals surface area contributed by atoms with Gasteiger partial charge in [-0.2, -0.15) is 0 Å². The molecule has 7 heteroatoms. The number of carbonyl (C=O) groups excluding carboxylic acids is 1. The van der Waals surface area contributed by atoms with Gasteiger partial charge in [0.25, 0.3) is 5.91 Å². The van der Waals surface area contributed by atoms with Crippen LogP contribution in [0.5, 0.6) is 0 Å². The molecule has 1 saturated heterocycles. The standard InChI is InChI=1S/C11H14N2O5/c1-5-9(6(2)18-12-5)10(15)13-4-7(14)3-8(13)11(16)17/h7-8,14H,3-4H2,1-2H3,(H,16,17). The summed E-state index contributed by atoms with van der Waals surface area (Å²) in [6, 6.07) is -0.999. The number of hydrogen-bond donors (Lipinski definition) is 2. The molecule has 0 saturated carbocycles. The monoisotopic (exact) mass is 254 g/mol. The lowest BCUT2D eigenvalue weighted by Gasteiger charge is -2.20. The smallest absolute Gasteiger partial charge is 0.326 e. The van der Waals surface area contributed by atoms with Gasteiger partial charge in [0, 0.05) is 13.0 Å². The number of nitrogens with zero attached hydrogens (tertiary/aromatic N) is 2. The zero-order chi connectivity index (χ0) is 13.4. The number of carboxylic acids is 1. The number of rotatable bonds is 2. The highest BCUT2D eigenvalue weighted by Crippen LogP contribution is 2.23. The van der Waals surface area contributed by atoms with E-state index in [9.17, 15) is 14.7 Å². The number of aliphatic hydroxyl groups excluding tert-OH is 1. The molecule has 0 radical (unpaired) electrons. The van der Waals surface area contributed by atoms with Crippen molar-refractivity contribution in [2.24, 2.45) is 0 Å². The minimum absolute atomic E-state index is 0.0138. The topological polar surface area (TPSA) is 104 Å². The van der Waals surface area contributed by atoms with Crippen molar-refractivity contribution in [2.75, 3.05) is 6.54 Å². The molecule has 2 rings (SSSR count). The number of carbonyl (C=O) groups is 2. The van der Waals surface area contributed by atoms with E-state index >= 15 is 0 Å². The molecule has 1 fully saturated rings. The van der Waals surface area contributed by atoms with Crippen LogP contribution in [0.3, 0.4) is 0 Å². The van der Waals surface area contributed by atoms with Crippen molar-refractivity contribution in [2.45, 2.75) is 32.4 Å². The molecule has 2 atom stereocenters. The first-order chi connectivity index (χ1) is 8.41. The number of likely N-dealkylation sites (tertiary alicyclic amines) is 1. The highest BCUT2D eigenvalue weighted by Gasteiger charge is 2.40. The van der Waals surface area contributed by atoms with Crippen molar-refractivity contribution in [3.05, 3.63) is 17.0 Å². The number of aliphatic hydroxyl groups is 1. The molecule has 2 N–H and O–H groups in total. The van der Waals surface area contributed by atoms with Crippen molar-refractivity contribution in [3.8, 4) is 0 Å². The molecule has 1 amide bonds. The van der Waals surface area contributed by atoms with Crippen LogP contribution < -0.4 is 0 Å². The van der Waals surface area contributed by atoms with Gasteiger partial charge in [-0.1, -0.05) is 5.16 Å². The molecular formula is C11H14N2O5. The van der Waals surface area contributed by atoms with E-state index in [4.69, 9.17) is 9.63 Å². The molecule has 2 unspecified atom stereocenters. The minimum Gasteiger partial charge on any atom is -0.480 e. The number of amides is 1. The van der Waals surface area contributed by atoms with Crippen LogP contribution in [0.4, 0.5) is 0 Å². The van der Waals surface area contributed by atoms with Gasteiger partial charge in [-0.3, -0.25) is 4.79 Å². The summed E-state index contributed by atoms with van der Waals surface area (Å²) in [7, 11) is 0. The van der Waals surface area contributed by atoms with Gasteiger partial charge in [-0.05, 0) is 13.8 Å². The van der Waals surface area contributed by atoms with Gasteiger partial charge >= 0.3 is 5.97 Å². The summed E-state index contributed by atoms with van der Waals surface area (Å²) in [6.45, 7) is 3.22. The SMILES string of the molecule is Cc1noc(C)c1C(=O)N1CC(O)CC1C(=O)O. The van der Waals surface area contributed by atoms with E-state index in [1.54, 1.807) is 13.8 Å². The second-order valence-corrected chi connectivity index (χ2v) is 4.40. The third-order valence-electron chi connectivity index (χ3n) is 3.07. The van der Waals surface area contributed by atoms with Gasteiger partial charge in [0.05, 0.1) is 11.8 Å². The lowest BCUT2D eigenvalue weighted by atomic mass is 10.1. The summed E-state index contributed by atoms with van der Waals surface area (Å²) >= 11 is 0. The molecule has 2 heterocycles. The van der Waals surface area contributed by atoms with E-state index in [0.717, 1.165) is 4.90 Å². The summed E-state index contributed by atoms with van der Waals surface area (Å²) < 4.78 is 4.89. The lowest BCUT2D eigenvalue weighted by molar-refractivity contribution is -0.141. The predicted octanol–water partition coefficient (Wildman–Crippen LogP) is -0.0486.